The van der Waals surface area contributed by atoms with Gasteiger partial charge in [-0.1, -0.05) is 29.8 Å². The lowest BCUT2D eigenvalue weighted by Crippen LogP contribution is -2.46. The number of nitrogens with zero attached hydrogens (tertiary/aromatic N) is 1. The van der Waals surface area contributed by atoms with Gasteiger partial charge >= 0.3 is 0 Å². The summed E-state index contributed by atoms with van der Waals surface area (Å²) in [6, 6.07) is 9.10. The first-order valence-corrected chi connectivity index (χ1v) is 5.95. The predicted molar refractivity (Wildman–Crippen MR) is 65.0 cm³/mol. The van der Waals surface area contributed by atoms with Gasteiger partial charge in [-0.15, -0.1) is 0 Å². The standard InChI is InChI=1S/C14H22N/c1-12-6-8-13(9-7-12)14-5-4-10-15(2,3)11-14/h6-9,14H,4-5,10-11H2,1-3H3/q+1. The first kappa shape index (κ1) is 10.7. The zero-order valence-electron chi connectivity index (χ0n) is 10.2. The van der Waals surface area contributed by atoms with E-state index in [9.17, 15) is 0 Å². The van der Waals surface area contributed by atoms with Crippen molar-refractivity contribution in [2.24, 2.45) is 0 Å². The minimum Gasteiger partial charge on any atom is -0.328 e. The highest BCUT2D eigenvalue weighted by Crippen LogP contribution is 2.28. The van der Waals surface area contributed by atoms with Crippen LogP contribution in [0.5, 0.6) is 0 Å². The molecule has 0 aliphatic carbocycles. The number of likely N-dealkylation sites (tertiary alicyclic amines) is 1. The monoisotopic (exact) mass is 204 g/mol. The van der Waals surface area contributed by atoms with Gasteiger partial charge in [0.1, 0.15) is 0 Å². The summed E-state index contributed by atoms with van der Waals surface area (Å²) in [7, 11) is 4.70. The lowest BCUT2D eigenvalue weighted by Gasteiger charge is -2.38. The van der Waals surface area contributed by atoms with Crippen LogP contribution in [0.15, 0.2) is 24.3 Å². The van der Waals surface area contributed by atoms with Crippen molar-refractivity contribution in [1.82, 2.24) is 0 Å². The van der Waals surface area contributed by atoms with E-state index < -0.39 is 0 Å². The topological polar surface area (TPSA) is 0 Å². The van der Waals surface area contributed by atoms with Crippen molar-refractivity contribution in [2.45, 2.75) is 25.7 Å². The van der Waals surface area contributed by atoms with Crippen molar-refractivity contribution in [3.05, 3.63) is 35.4 Å². The van der Waals surface area contributed by atoms with Gasteiger partial charge in [-0.05, 0) is 25.3 Å². The maximum atomic E-state index is 2.35. The zero-order valence-corrected chi connectivity index (χ0v) is 10.2. The molecule has 1 atom stereocenters. The molecule has 1 heterocycles. The molecule has 15 heavy (non-hydrogen) atoms. The number of likely N-dealkylation sites (N-methyl/N-ethyl adjacent to an activating group) is 1. The van der Waals surface area contributed by atoms with E-state index >= 15 is 0 Å². The molecule has 1 saturated heterocycles. The molecule has 1 aromatic carbocycles. The van der Waals surface area contributed by atoms with Crippen LogP contribution < -0.4 is 0 Å². The fourth-order valence-electron chi connectivity index (χ4n) is 2.66. The van der Waals surface area contributed by atoms with Crippen molar-refractivity contribution >= 4 is 0 Å². The van der Waals surface area contributed by atoms with Gasteiger partial charge in [0, 0.05) is 5.92 Å². The molecular formula is C14H22N+. The summed E-state index contributed by atoms with van der Waals surface area (Å²) in [5.41, 5.74) is 2.90. The average molecular weight is 204 g/mol. The van der Waals surface area contributed by atoms with Crippen LogP contribution in [-0.2, 0) is 0 Å². The van der Waals surface area contributed by atoms with Crippen molar-refractivity contribution in [1.29, 1.82) is 0 Å². The Kier molecular flexibility index (Phi) is 2.83. The van der Waals surface area contributed by atoms with Gasteiger partial charge in [0.05, 0.1) is 27.2 Å². The van der Waals surface area contributed by atoms with Crippen molar-refractivity contribution in [2.75, 3.05) is 27.2 Å². The van der Waals surface area contributed by atoms with Crippen LogP contribution in [0.1, 0.15) is 29.9 Å². The number of quaternary nitrogens is 1. The quantitative estimate of drug-likeness (QED) is 0.617. The SMILES string of the molecule is Cc1ccc(C2CCC[N+](C)(C)C2)cc1. The van der Waals surface area contributed by atoms with Gasteiger partial charge in [-0.25, -0.2) is 0 Å². The van der Waals surface area contributed by atoms with Crippen molar-refractivity contribution < 1.29 is 4.48 Å². The molecule has 1 aliphatic heterocycles. The lowest BCUT2D eigenvalue weighted by atomic mass is 9.89. The van der Waals surface area contributed by atoms with Crippen LogP contribution in [0.3, 0.4) is 0 Å². The van der Waals surface area contributed by atoms with Gasteiger partial charge < -0.3 is 4.48 Å². The molecule has 0 saturated carbocycles. The molecule has 1 aliphatic rings. The number of aryl methyl sites for hydroxylation is 1. The summed E-state index contributed by atoms with van der Waals surface area (Å²) in [6.07, 6.45) is 2.73. The second-order valence-electron chi connectivity index (χ2n) is 5.59. The lowest BCUT2D eigenvalue weighted by molar-refractivity contribution is -0.896. The maximum absolute atomic E-state index is 2.35. The van der Waals surface area contributed by atoms with E-state index in [4.69, 9.17) is 0 Å². The smallest absolute Gasteiger partial charge is 0.0852 e. The zero-order chi connectivity index (χ0) is 10.9. The molecule has 0 radical (unpaired) electrons. The maximum Gasteiger partial charge on any atom is 0.0852 e. The Hall–Kier alpha value is -0.820. The van der Waals surface area contributed by atoms with Crippen LogP contribution in [0.2, 0.25) is 0 Å². The molecule has 0 bridgehead atoms. The third-order valence-electron chi connectivity index (χ3n) is 3.58. The van der Waals surface area contributed by atoms with E-state index in [0.29, 0.717) is 0 Å². The van der Waals surface area contributed by atoms with Gasteiger partial charge in [-0.3, -0.25) is 0 Å². The molecule has 1 fully saturated rings. The van der Waals surface area contributed by atoms with E-state index in [0.717, 1.165) is 5.92 Å². The number of rotatable bonds is 1. The second-order valence-corrected chi connectivity index (χ2v) is 5.59. The Balaban J connectivity index is 2.13. The van der Waals surface area contributed by atoms with E-state index in [1.54, 1.807) is 0 Å². The van der Waals surface area contributed by atoms with E-state index in [-0.39, 0.29) is 0 Å². The Morgan fingerprint density at radius 1 is 1.13 bits per heavy atom. The summed E-state index contributed by atoms with van der Waals surface area (Å²) < 4.78 is 1.18. The number of hydrogen-bond acceptors (Lipinski definition) is 0. The van der Waals surface area contributed by atoms with Gasteiger partial charge in [0.2, 0.25) is 0 Å². The van der Waals surface area contributed by atoms with Gasteiger partial charge in [-0.2, -0.15) is 0 Å². The van der Waals surface area contributed by atoms with Gasteiger partial charge in [0.25, 0.3) is 0 Å². The largest absolute Gasteiger partial charge is 0.328 e. The molecule has 0 aromatic heterocycles. The van der Waals surface area contributed by atoms with E-state index in [1.165, 1.54) is 41.5 Å². The molecule has 1 unspecified atom stereocenters. The average Bonchev–Trinajstić information content (AvgIpc) is 2.17. The first-order valence-electron chi connectivity index (χ1n) is 5.95. The highest BCUT2D eigenvalue weighted by molar-refractivity contribution is 5.24. The number of benzene rings is 1. The molecule has 1 nitrogen and oxygen atoms in total. The molecule has 2 rings (SSSR count). The summed E-state index contributed by atoms with van der Waals surface area (Å²) in [6.45, 7) is 4.79. The molecule has 0 amide bonds. The summed E-state index contributed by atoms with van der Waals surface area (Å²) >= 11 is 0. The van der Waals surface area contributed by atoms with Crippen molar-refractivity contribution in [3.63, 3.8) is 0 Å². The van der Waals surface area contributed by atoms with Crippen LogP contribution in [0, 0.1) is 6.92 Å². The highest BCUT2D eigenvalue weighted by atomic mass is 15.3. The summed E-state index contributed by atoms with van der Waals surface area (Å²) in [5.74, 6) is 0.773. The van der Waals surface area contributed by atoms with Crippen LogP contribution >= 0.6 is 0 Å². The molecule has 1 aromatic rings. The molecule has 0 spiro atoms. The molecular weight excluding hydrogens is 182 g/mol. The van der Waals surface area contributed by atoms with Crippen LogP contribution in [0.4, 0.5) is 0 Å². The van der Waals surface area contributed by atoms with Crippen LogP contribution in [-0.4, -0.2) is 31.7 Å². The fraction of sp³-hybridized carbons (Fsp3) is 0.571. The summed E-state index contributed by atoms with van der Waals surface area (Å²) in [4.78, 5) is 0. The fourth-order valence-corrected chi connectivity index (χ4v) is 2.66. The van der Waals surface area contributed by atoms with Crippen molar-refractivity contribution in [3.8, 4) is 0 Å². The second kappa shape index (κ2) is 3.97. The molecule has 82 valence electrons. The number of piperidine rings is 1. The minimum atomic E-state index is 0.773. The van der Waals surface area contributed by atoms with Gasteiger partial charge in [0.15, 0.2) is 0 Å². The molecule has 0 N–H and O–H groups in total. The highest BCUT2D eigenvalue weighted by Gasteiger charge is 2.28. The Labute approximate surface area is 93.3 Å². The third kappa shape index (κ3) is 2.60. The Bertz CT molecular complexity index is 324. The normalized spacial score (nSPS) is 25.1. The Morgan fingerprint density at radius 3 is 2.40 bits per heavy atom. The Morgan fingerprint density at radius 2 is 1.80 bits per heavy atom. The molecule has 1 heteroatoms. The third-order valence-corrected chi connectivity index (χ3v) is 3.58. The predicted octanol–water partition coefficient (Wildman–Crippen LogP) is 2.95. The minimum absolute atomic E-state index is 0.773. The van der Waals surface area contributed by atoms with Crippen LogP contribution in [0.25, 0.3) is 0 Å². The number of hydrogen-bond donors (Lipinski definition) is 0. The summed E-state index contributed by atoms with van der Waals surface area (Å²) in [5, 5.41) is 0. The van der Waals surface area contributed by atoms with E-state index in [1.807, 2.05) is 0 Å². The first-order chi connectivity index (χ1) is 7.07. The van der Waals surface area contributed by atoms with E-state index in [2.05, 4.69) is 45.3 Å².